The van der Waals surface area contributed by atoms with Crippen LogP contribution in [0.25, 0.3) is 16.9 Å². The van der Waals surface area contributed by atoms with Gasteiger partial charge in [0.05, 0.1) is 35.0 Å². The van der Waals surface area contributed by atoms with E-state index in [-0.39, 0.29) is 30.3 Å². The first kappa shape index (κ1) is 32.7. The van der Waals surface area contributed by atoms with Gasteiger partial charge >= 0.3 is 5.97 Å². The lowest BCUT2D eigenvalue weighted by Gasteiger charge is -2.26. The fraction of sp³-hybridized carbons (Fsp3) is 0.556. The van der Waals surface area contributed by atoms with Crippen molar-refractivity contribution in [2.24, 2.45) is 17.8 Å². The van der Waals surface area contributed by atoms with E-state index in [1.807, 2.05) is 44.3 Å². The number of nitrogens with one attached hydrogen (secondary N) is 1. The first-order valence-corrected chi connectivity index (χ1v) is 16.9. The van der Waals surface area contributed by atoms with E-state index in [4.69, 9.17) is 24.5 Å². The zero-order chi connectivity index (χ0) is 33.5. The maximum Gasteiger partial charge on any atom is 0.332 e. The first-order valence-electron chi connectivity index (χ1n) is 16.9. The molecule has 2 amide bonds. The lowest BCUT2D eigenvalue weighted by molar-refractivity contribution is -0.150. The van der Waals surface area contributed by atoms with E-state index in [9.17, 15) is 14.4 Å². The van der Waals surface area contributed by atoms with Crippen molar-refractivity contribution in [1.29, 1.82) is 0 Å². The van der Waals surface area contributed by atoms with Gasteiger partial charge in [-0.15, -0.1) is 0 Å². The van der Waals surface area contributed by atoms with Crippen molar-refractivity contribution in [3.05, 3.63) is 53.4 Å². The van der Waals surface area contributed by atoms with Gasteiger partial charge in [-0.05, 0) is 88.5 Å². The van der Waals surface area contributed by atoms with Crippen molar-refractivity contribution in [3.8, 4) is 11.8 Å². The van der Waals surface area contributed by atoms with E-state index >= 15 is 0 Å². The van der Waals surface area contributed by atoms with Crippen LogP contribution in [0, 0.1) is 31.6 Å². The van der Waals surface area contributed by atoms with Gasteiger partial charge in [-0.1, -0.05) is 32.1 Å². The van der Waals surface area contributed by atoms with Crippen LogP contribution in [0.4, 0.5) is 0 Å². The number of amides is 2. The van der Waals surface area contributed by atoms with Crippen LogP contribution in [0.3, 0.4) is 0 Å². The highest BCUT2D eigenvalue weighted by molar-refractivity contribution is 5.95. The molecule has 1 aliphatic heterocycles. The fourth-order valence-corrected chi connectivity index (χ4v) is 6.94. The summed E-state index contributed by atoms with van der Waals surface area (Å²) in [6.45, 7) is 10.8. The number of allylic oxidation sites excluding steroid dienone is 1. The molecule has 11 heteroatoms. The Kier molecular flexibility index (Phi) is 9.09. The predicted molar refractivity (Wildman–Crippen MR) is 177 cm³/mol. The molecule has 3 heterocycles. The van der Waals surface area contributed by atoms with Crippen LogP contribution in [0.2, 0.25) is 0 Å². The number of carbonyl (C=O) groups is 3. The number of aryl methyl sites for hydroxylation is 2. The number of aromatic nitrogens is 4. The number of carbonyl (C=O) groups excluding carboxylic acids is 3. The van der Waals surface area contributed by atoms with Gasteiger partial charge in [0.25, 0.3) is 5.95 Å². The monoisotopic (exact) mass is 642 g/mol. The molecule has 0 bridgehead atoms. The van der Waals surface area contributed by atoms with Gasteiger partial charge in [0, 0.05) is 25.7 Å². The summed E-state index contributed by atoms with van der Waals surface area (Å²) in [6, 6.07) is 5.94. The van der Waals surface area contributed by atoms with Gasteiger partial charge in [-0.25, -0.2) is 14.5 Å². The second-order valence-corrected chi connectivity index (χ2v) is 13.7. The van der Waals surface area contributed by atoms with E-state index < -0.39 is 29.4 Å². The zero-order valence-electron chi connectivity index (χ0n) is 28.3. The Balaban J connectivity index is 1.34. The highest BCUT2D eigenvalue weighted by Gasteiger charge is 2.62. The average Bonchev–Trinajstić information content (AvgIpc) is 3.35. The summed E-state index contributed by atoms with van der Waals surface area (Å²) >= 11 is 0. The van der Waals surface area contributed by atoms with Gasteiger partial charge in [0.15, 0.2) is 0 Å². The molecule has 11 nitrogen and oxygen atoms in total. The zero-order valence-corrected chi connectivity index (χ0v) is 28.3. The van der Waals surface area contributed by atoms with Crippen LogP contribution in [0.1, 0.15) is 82.0 Å². The van der Waals surface area contributed by atoms with Gasteiger partial charge in [0.1, 0.15) is 11.6 Å². The molecule has 250 valence electrons. The summed E-state index contributed by atoms with van der Waals surface area (Å²) in [4.78, 5) is 52.5. The van der Waals surface area contributed by atoms with E-state index in [0.29, 0.717) is 37.6 Å². The second-order valence-electron chi connectivity index (χ2n) is 13.7. The summed E-state index contributed by atoms with van der Waals surface area (Å²) in [6.07, 6.45) is 9.25. The third-order valence-electron chi connectivity index (χ3n) is 10.1. The number of hydrogen-bond acceptors (Lipinski definition) is 8. The third-order valence-corrected chi connectivity index (χ3v) is 10.1. The minimum Gasteiger partial charge on any atom is -0.474 e. The normalized spacial score (nSPS) is 27.2. The Labute approximate surface area is 276 Å². The molecule has 0 saturated heterocycles. The lowest BCUT2D eigenvalue weighted by atomic mass is 9.93. The molecule has 5 unspecified atom stereocenters. The predicted octanol–water partition coefficient (Wildman–Crippen LogP) is 4.97. The Hall–Kier alpha value is -4.28. The summed E-state index contributed by atoms with van der Waals surface area (Å²) in [5.41, 5.74) is 2.70. The standard InChI is InChI=1S/C36H46N6O5/c1-7-46-34(45)36-20-24(36)12-10-8-9-11-16-41(6)33(44)28-19-25(18-27(28)31(43)39-36)47-32-26-14-13-22(4)23(5)30(26)37-35(38-32)42-17-15-29(40-42)21(2)3/h10,12-15,17,21,24-25,27-28H,7-9,11,16,18-20H2,1-6H3,(H,39,43)/b12-10-. The lowest BCUT2D eigenvalue weighted by Crippen LogP contribution is -2.50. The highest BCUT2D eigenvalue weighted by Crippen LogP contribution is 2.47. The van der Waals surface area contributed by atoms with Crippen molar-refractivity contribution < 1.29 is 23.9 Å². The van der Waals surface area contributed by atoms with E-state index in [1.165, 1.54) is 0 Å². The molecule has 1 N–H and O–H groups in total. The quantitative estimate of drug-likeness (QED) is 0.295. The number of rotatable bonds is 6. The van der Waals surface area contributed by atoms with Crippen LogP contribution in [0.5, 0.6) is 5.88 Å². The molecular weight excluding hydrogens is 596 g/mol. The van der Waals surface area contributed by atoms with Gasteiger partial charge < -0.3 is 19.7 Å². The highest BCUT2D eigenvalue weighted by atomic mass is 16.5. The van der Waals surface area contributed by atoms with Crippen molar-refractivity contribution in [3.63, 3.8) is 0 Å². The molecule has 0 spiro atoms. The third kappa shape index (κ3) is 6.36. The van der Waals surface area contributed by atoms with Crippen molar-refractivity contribution in [2.45, 2.75) is 90.7 Å². The number of nitrogens with zero attached hydrogens (tertiary/aromatic N) is 5. The van der Waals surface area contributed by atoms with E-state index in [2.05, 4.69) is 25.2 Å². The van der Waals surface area contributed by atoms with Crippen molar-refractivity contribution >= 4 is 28.7 Å². The Morgan fingerprint density at radius 2 is 1.89 bits per heavy atom. The van der Waals surface area contributed by atoms with Gasteiger partial charge in [0.2, 0.25) is 17.7 Å². The molecule has 47 heavy (non-hydrogen) atoms. The number of benzene rings is 1. The van der Waals surface area contributed by atoms with Gasteiger partial charge in [-0.3, -0.25) is 9.59 Å². The molecule has 5 atom stereocenters. The first-order chi connectivity index (χ1) is 22.5. The Bertz CT molecular complexity index is 1720. The van der Waals surface area contributed by atoms with Crippen LogP contribution >= 0.6 is 0 Å². The van der Waals surface area contributed by atoms with Crippen LogP contribution in [-0.4, -0.2) is 74.3 Å². The van der Waals surface area contributed by atoms with Crippen LogP contribution in [0.15, 0.2) is 36.5 Å². The smallest absolute Gasteiger partial charge is 0.332 e. The average molecular weight is 643 g/mol. The molecule has 0 radical (unpaired) electrons. The van der Waals surface area contributed by atoms with Crippen LogP contribution in [-0.2, 0) is 19.1 Å². The van der Waals surface area contributed by atoms with Crippen LogP contribution < -0.4 is 10.1 Å². The molecule has 3 aromatic rings. The molecule has 1 aromatic carbocycles. The summed E-state index contributed by atoms with van der Waals surface area (Å²) in [5, 5.41) is 8.51. The van der Waals surface area contributed by atoms with Gasteiger partial charge in [-0.2, -0.15) is 10.1 Å². The molecule has 2 aliphatic carbocycles. The van der Waals surface area contributed by atoms with Crippen molar-refractivity contribution in [2.75, 3.05) is 20.2 Å². The largest absolute Gasteiger partial charge is 0.474 e. The Morgan fingerprint density at radius 1 is 1.11 bits per heavy atom. The van der Waals surface area contributed by atoms with E-state index in [0.717, 1.165) is 47.0 Å². The van der Waals surface area contributed by atoms with Crippen molar-refractivity contribution in [1.82, 2.24) is 30.0 Å². The van der Waals surface area contributed by atoms with E-state index in [1.54, 1.807) is 23.6 Å². The maximum atomic E-state index is 14.1. The Morgan fingerprint density at radius 3 is 2.64 bits per heavy atom. The minimum atomic E-state index is -1.10. The minimum absolute atomic E-state index is 0.0844. The number of esters is 1. The number of hydrogen-bond donors (Lipinski definition) is 1. The second kappa shape index (κ2) is 13.1. The molecule has 2 saturated carbocycles. The molecule has 3 aliphatic rings. The maximum absolute atomic E-state index is 14.1. The number of ether oxygens (including phenoxy) is 2. The fourth-order valence-electron chi connectivity index (χ4n) is 6.94. The number of fused-ring (bicyclic) bond motifs is 3. The summed E-state index contributed by atoms with van der Waals surface area (Å²) < 4.78 is 13.7. The SMILES string of the molecule is CCOC(=O)C12CC1/C=C\CCCCN(C)C(=O)C1CC(Oc3nc(-n4ccc(C(C)C)n4)nc4c(C)c(C)ccc34)CC1C(=O)N2. The molecule has 2 aromatic heterocycles. The topological polar surface area (TPSA) is 129 Å². The molecule has 2 fully saturated rings. The summed E-state index contributed by atoms with van der Waals surface area (Å²) in [7, 11) is 1.80. The molecular formula is C36H46N6O5. The molecule has 6 rings (SSSR count). The summed E-state index contributed by atoms with van der Waals surface area (Å²) in [5.74, 6) is -1.21.